The molecule has 14 nitrogen and oxygen atoms in total. The molecule has 4 amide bonds. The predicted octanol–water partition coefficient (Wildman–Crippen LogP) is -2.81. The molecule has 206 valence electrons. The number of carboxylic acid groups (broad SMARTS) is 1. The third kappa shape index (κ3) is 11.7. The van der Waals surface area contributed by atoms with Crippen LogP contribution < -0.4 is 33.2 Å². The number of aromatic hydroxyl groups is 1. The van der Waals surface area contributed by atoms with Crippen LogP contribution in [0.2, 0.25) is 0 Å². The van der Waals surface area contributed by atoms with Crippen molar-refractivity contribution in [1.29, 1.82) is 0 Å². The van der Waals surface area contributed by atoms with Gasteiger partial charge in [-0.15, -0.1) is 0 Å². The first kappa shape index (κ1) is 31.3. The Morgan fingerprint density at radius 3 is 1.95 bits per heavy atom. The summed E-state index contributed by atoms with van der Waals surface area (Å²) in [4.78, 5) is 60.9. The molecule has 0 heterocycles. The van der Waals surface area contributed by atoms with E-state index in [0.29, 0.717) is 31.4 Å². The second-order valence-corrected chi connectivity index (χ2v) is 8.47. The molecule has 0 aromatic heterocycles. The van der Waals surface area contributed by atoms with Gasteiger partial charge in [0.25, 0.3) is 0 Å². The molecule has 37 heavy (non-hydrogen) atoms. The Hall–Kier alpha value is -3.75. The van der Waals surface area contributed by atoms with Crippen molar-refractivity contribution in [1.82, 2.24) is 16.0 Å². The van der Waals surface area contributed by atoms with Crippen LogP contribution in [0.1, 0.15) is 37.7 Å². The molecule has 0 spiro atoms. The summed E-state index contributed by atoms with van der Waals surface area (Å²) in [6, 6.07) is 0.496. The Balaban J connectivity index is 2.90. The molecule has 0 aliphatic carbocycles. The topological polar surface area (TPSA) is 260 Å². The van der Waals surface area contributed by atoms with Gasteiger partial charge in [0.2, 0.25) is 23.6 Å². The third-order valence-corrected chi connectivity index (χ3v) is 5.42. The Bertz CT molecular complexity index is 926. The summed E-state index contributed by atoms with van der Waals surface area (Å²) in [6.45, 7) is -0.377. The van der Waals surface area contributed by atoms with Crippen molar-refractivity contribution >= 4 is 29.6 Å². The molecule has 0 fully saturated rings. The first-order valence-electron chi connectivity index (χ1n) is 11.7. The van der Waals surface area contributed by atoms with Crippen LogP contribution in [0.4, 0.5) is 0 Å². The predicted molar refractivity (Wildman–Crippen MR) is 132 cm³/mol. The fourth-order valence-corrected chi connectivity index (χ4v) is 3.28. The molecule has 0 radical (unpaired) electrons. The molecule has 14 heteroatoms. The second-order valence-electron chi connectivity index (χ2n) is 8.47. The van der Waals surface area contributed by atoms with Gasteiger partial charge >= 0.3 is 5.97 Å². The fourth-order valence-electron chi connectivity index (χ4n) is 3.28. The van der Waals surface area contributed by atoms with E-state index in [2.05, 4.69) is 16.0 Å². The highest BCUT2D eigenvalue weighted by Crippen LogP contribution is 2.12. The Morgan fingerprint density at radius 1 is 0.838 bits per heavy atom. The zero-order chi connectivity index (χ0) is 28.0. The van der Waals surface area contributed by atoms with E-state index in [9.17, 15) is 39.3 Å². The molecule has 0 saturated heterocycles. The number of hydrogen-bond donors (Lipinski definition) is 9. The Labute approximate surface area is 213 Å². The van der Waals surface area contributed by atoms with E-state index in [1.54, 1.807) is 0 Å². The molecule has 12 N–H and O–H groups in total. The zero-order valence-corrected chi connectivity index (χ0v) is 20.4. The number of aliphatic carboxylic acids is 1. The number of amides is 4. The summed E-state index contributed by atoms with van der Waals surface area (Å²) in [6.07, 6.45) is 0.857. The van der Waals surface area contributed by atoms with Gasteiger partial charge in [-0.2, -0.15) is 0 Å². The van der Waals surface area contributed by atoms with E-state index in [1.165, 1.54) is 24.3 Å². The summed E-state index contributed by atoms with van der Waals surface area (Å²) in [5, 5.41) is 35.5. The van der Waals surface area contributed by atoms with E-state index in [-0.39, 0.29) is 25.0 Å². The van der Waals surface area contributed by atoms with Crippen LogP contribution in [0.15, 0.2) is 24.3 Å². The molecule has 0 bridgehead atoms. The number of aliphatic hydroxyl groups is 1. The number of carboxylic acids is 1. The first-order valence-corrected chi connectivity index (χ1v) is 11.7. The number of nitrogens with two attached hydrogens (primary N) is 3. The molecular weight excluding hydrogens is 488 g/mol. The summed E-state index contributed by atoms with van der Waals surface area (Å²) in [7, 11) is 0. The smallest absolute Gasteiger partial charge is 0.326 e. The van der Waals surface area contributed by atoms with Gasteiger partial charge in [0, 0.05) is 12.8 Å². The highest BCUT2D eigenvalue weighted by atomic mass is 16.4. The van der Waals surface area contributed by atoms with E-state index >= 15 is 0 Å². The SMILES string of the molecule is NCCCCC(N)C(=O)NC(CO)C(=O)NC(CCC(N)=O)C(=O)NC(Cc1ccc(O)cc1)C(=O)O. The largest absolute Gasteiger partial charge is 0.508 e. The molecule has 1 rings (SSSR count). The highest BCUT2D eigenvalue weighted by molar-refractivity contribution is 5.94. The summed E-state index contributed by atoms with van der Waals surface area (Å²) in [5.41, 5.74) is 16.9. The number of phenolic OH excluding ortho intramolecular Hbond substituents is 1. The number of rotatable bonds is 17. The number of carbonyl (C=O) groups is 5. The van der Waals surface area contributed by atoms with Crippen LogP contribution in [0.3, 0.4) is 0 Å². The standard InChI is InChI=1S/C23H36N6O8/c24-10-2-1-3-15(25)20(33)29-18(12-30)22(35)27-16(8-9-19(26)32)21(34)28-17(23(36)37)11-13-4-6-14(31)7-5-13/h4-7,15-18,30-31H,1-3,8-12,24-25H2,(H2,26,32)(H,27,35)(H,28,34)(H,29,33)(H,36,37). The Kier molecular flexibility index (Phi) is 13.6. The van der Waals surface area contributed by atoms with Crippen LogP contribution in [-0.4, -0.2) is 82.2 Å². The Morgan fingerprint density at radius 2 is 1.41 bits per heavy atom. The van der Waals surface area contributed by atoms with Crippen LogP contribution in [0, 0.1) is 0 Å². The molecule has 4 unspecified atom stereocenters. The van der Waals surface area contributed by atoms with Crippen molar-refractivity contribution in [2.75, 3.05) is 13.2 Å². The molecule has 4 atom stereocenters. The molecule has 1 aromatic carbocycles. The van der Waals surface area contributed by atoms with Crippen molar-refractivity contribution in [2.24, 2.45) is 17.2 Å². The van der Waals surface area contributed by atoms with Crippen LogP contribution >= 0.6 is 0 Å². The average Bonchev–Trinajstić information content (AvgIpc) is 2.85. The van der Waals surface area contributed by atoms with Crippen molar-refractivity contribution in [3.05, 3.63) is 29.8 Å². The minimum atomic E-state index is -1.45. The number of phenols is 1. The van der Waals surface area contributed by atoms with E-state index in [4.69, 9.17) is 17.2 Å². The number of primary amides is 1. The lowest BCUT2D eigenvalue weighted by Gasteiger charge is -2.24. The van der Waals surface area contributed by atoms with Gasteiger partial charge in [0.15, 0.2) is 0 Å². The normalized spacial score (nSPS) is 14.0. The second kappa shape index (κ2) is 16.1. The van der Waals surface area contributed by atoms with Crippen molar-refractivity contribution in [2.45, 2.75) is 62.7 Å². The minimum absolute atomic E-state index is 0.0177. The maximum Gasteiger partial charge on any atom is 0.326 e. The molecule has 1 aromatic rings. The van der Waals surface area contributed by atoms with E-state index in [0.717, 1.165) is 0 Å². The summed E-state index contributed by atoms with van der Waals surface area (Å²) in [5.74, 6) is -4.69. The van der Waals surface area contributed by atoms with Gasteiger partial charge in [-0.05, 0) is 43.5 Å². The highest BCUT2D eigenvalue weighted by Gasteiger charge is 2.30. The number of hydrogen-bond acceptors (Lipinski definition) is 9. The maximum absolute atomic E-state index is 12.9. The molecule has 0 saturated carbocycles. The maximum atomic E-state index is 12.9. The monoisotopic (exact) mass is 524 g/mol. The van der Waals surface area contributed by atoms with Gasteiger partial charge < -0.3 is 48.5 Å². The number of aliphatic hydroxyl groups excluding tert-OH is 1. The fraction of sp³-hybridized carbons (Fsp3) is 0.522. The number of unbranched alkanes of at least 4 members (excludes halogenated alkanes) is 1. The lowest BCUT2D eigenvalue weighted by molar-refractivity contribution is -0.142. The van der Waals surface area contributed by atoms with Crippen molar-refractivity contribution in [3.63, 3.8) is 0 Å². The number of nitrogens with one attached hydrogen (secondary N) is 3. The van der Waals surface area contributed by atoms with Crippen LogP contribution in [0.5, 0.6) is 5.75 Å². The van der Waals surface area contributed by atoms with Crippen LogP contribution in [-0.2, 0) is 30.4 Å². The molecule has 0 aliphatic rings. The van der Waals surface area contributed by atoms with Crippen molar-refractivity contribution in [3.8, 4) is 5.75 Å². The lowest BCUT2D eigenvalue weighted by Crippen LogP contribution is -2.58. The quantitative estimate of drug-likeness (QED) is 0.0944. The average molecular weight is 525 g/mol. The van der Waals surface area contributed by atoms with E-state index in [1.807, 2.05) is 0 Å². The zero-order valence-electron chi connectivity index (χ0n) is 20.4. The number of benzene rings is 1. The van der Waals surface area contributed by atoms with Crippen LogP contribution in [0.25, 0.3) is 0 Å². The van der Waals surface area contributed by atoms with Gasteiger partial charge in [0.05, 0.1) is 12.6 Å². The molecular formula is C23H36N6O8. The van der Waals surface area contributed by atoms with Gasteiger partial charge in [-0.25, -0.2) is 4.79 Å². The van der Waals surface area contributed by atoms with Crippen molar-refractivity contribution < 1.29 is 39.3 Å². The minimum Gasteiger partial charge on any atom is -0.508 e. The lowest BCUT2D eigenvalue weighted by atomic mass is 10.0. The van der Waals surface area contributed by atoms with E-state index < -0.39 is 60.4 Å². The van der Waals surface area contributed by atoms with Gasteiger partial charge in [0.1, 0.15) is 23.9 Å². The third-order valence-electron chi connectivity index (χ3n) is 5.42. The van der Waals surface area contributed by atoms with Gasteiger partial charge in [-0.3, -0.25) is 19.2 Å². The first-order chi connectivity index (χ1) is 17.5. The number of carbonyl (C=O) groups excluding carboxylic acids is 4. The summed E-state index contributed by atoms with van der Waals surface area (Å²) >= 11 is 0. The molecule has 0 aliphatic heterocycles. The van der Waals surface area contributed by atoms with Gasteiger partial charge in [-0.1, -0.05) is 18.6 Å². The summed E-state index contributed by atoms with van der Waals surface area (Å²) < 4.78 is 0.